The van der Waals surface area contributed by atoms with E-state index in [0.29, 0.717) is 6.61 Å². The highest BCUT2D eigenvalue weighted by atomic mass is 16.5. The van der Waals surface area contributed by atoms with Crippen LogP contribution in [0.5, 0.6) is 0 Å². The standard InChI is InChI=1S/C12H20N2O/c1-4-10-7-6-8-14-12(10)11(13-3)9-15-5-2/h6-8,11,13H,4-5,9H2,1-3H3. The van der Waals surface area contributed by atoms with Crippen molar-refractivity contribution in [1.29, 1.82) is 0 Å². The maximum atomic E-state index is 5.44. The molecule has 1 N–H and O–H groups in total. The van der Waals surface area contributed by atoms with Gasteiger partial charge in [0.15, 0.2) is 0 Å². The van der Waals surface area contributed by atoms with Crippen molar-refractivity contribution < 1.29 is 4.74 Å². The Hall–Kier alpha value is -0.930. The van der Waals surface area contributed by atoms with Gasteiger partial charge in [0.05, 0.1) is 18.3 Å². The molecule has 1 atom stereocenters. The number of aromatic nitrogens is 1. The first-order valence-electron chi connectivity index (χ1n) is 5.52. The van der Waals surface area contributed by atoms with Gasteiger partial charge in [-0.25, -0.2) is 0 Å². The van der Waals surface area contributed by atoms with Crippen LogP contribution in [0.4, 0.5) is 0 Å². The smallest absolute Gasteiger partial charge is 0.0733 e. The molecule has 0 aliphatic carbocycles. The van der Waals surface area contributed by atoms with Gasteiger partial charge in [-0.3, -0.25) is 4.98 Å². The van der Waals surface area contributed by atoms with Crippen LogP contribution in [0.2, 0.25) is 0 Å². The fraction of sp³-hybridized carbons (Fsp3) is 0.583. The number of hydrogen-bond donors (Lipinski definition) is 1. The van der Waals surface area contributed by atoms with Crippen molar-refractivity contribution in [2.24, 2.45) is 0 Å². The second-order valence-electron chi connectivity index (χ2n) is 3.40. The van der Waals surface area contributed by atoms with Crippen LogP contribution in [0.25, 0.3) is 0 Å². The monoisotopic (exact) mass is 208 g/mol. The van der Waals surface area contributed by atoms with E-state index in [0.717, 1.165) is 18.7 Å². The van der Waals surface area contributed by atoms with E-state index >= 15 is 0 Å². The number of hydrogen-bond acceptors (Lipinski definition) is 3. The van der Waals surface area contributed by atoms with Crippen molar-refractivity contribution in [3.8, 4) is 0 Å². The highest BCUT2D eigenvalue weighted by Gasteiger charge is 2.13. The molecule has 0 spiro atoms. The maximum absolute atomic E-state index is 5.44. The molecule has 0 aliphatic heterocycles. The van der Waals surface area contributed by atoms with Crippen molar-refractivity contribution in [2.75, 3.05) is 20.3 Å². The third-order valence-electron chi connectivity index (χ3n) is 2.47. The second-order valence-corrected chi connectivity index (χ2v) is 3.40. The van der Waals surface area contributed by atoms with Gasteiger partial charge in [0.2, 0.25) is 0 Å². The molecule has 3 heteroatoms. The fourth-order valence-corrected chi connectivity index (χ4v) is 1.60. The molecule has 1 heterocycles. The summed E-state index contributed by atoms with van der Waals surface area (Å²) < 4.78 is 5.44. The Morgan fingerprint density at radius 2 is 2.27 bits per heavy atom. The summed E-state index contributed by atoms with van der Waals surface area (Å²) in [5, 5.41) is 3.24. The van der Waals surface area contributed by atoms with E-state index in [-0.39, 0.29) is 6.04 Å². The van der Waals surface area contributed by atoms with E-state index in [1.165, 1.54) is 5.56 Å². The first-order valence-corrected chi connectivity index (χ1v) is 5.52. The number of aryl methyl sites for hydroxylation is 1. The summed E-state index contributed by atoms with van der Waals surface area (Å²) in [6.07, 6.45) is 2.85. The lowest BCUT2D eigenvalue weighted by atomic mass is 10.1. The normalized spacial score (nSPS) is 12.7. The Morgan fingerprint density at radius 1 is 1.47 bits per heavy atom. The number of nitrogens with one attached hydrogen (secondary N) is 1. The molecule has 84 valence electrons. The molecule has 15 heavy (non-hydrogen) atoms. The first kappa shape index (κ1) is 12.1. The number of likely N-dealkylation sites (N-methyl/N-ethyl adjacent to an activating group) is 1. The average molecular weight is 208 g/mol. The van der Waals surface area contributed by atoms with Crippen molar-refractivity contribution in [3.63, 3.8) is 0 Å². The van der Waals surface area contributed by atoms with Gasteiger partial charge >= 0.3 is 0 Å². The Balaban J connectivity index is 2.80. The van der Waals surface area contributed by atoms with Gasteiger partial charge in [-0.1, -0.05) is 13.0 Å². The predicted molar refractivity (Wildman–Crippen MR) is 61.9 cm³/mol. The van der Waals surface area contributed by atoms with Crippen LogP contribution in [0.15, 0.2) is 18.3 Å². The second kappa shape index (κ2) is 6.53. The molecule has 1 rings (SSSR count). The zero-order chi connectivity index (χ0) is 11.1. The Bertz CT molecular complexity index is 289. The molecule has 1 unspecified atom stereocenters. The molecule has 0 radical (unpaired) electrons. The van der Waals surface area contributed by atoms with Gasteiger partial charge in [-0.2, -0.15) is 0 Å². The lowest BCUT2D eigenvalue weighted by molar-refractivity contribution is 0.124. The summed E-state index contributed by atoms with van der Waals surface area (Å²) in [5.41, 5.74) is 2.40. The predicted octanol–water partition coefficient (Wildman–Crippen LogP) is 1.94. The van der Waals surface area contributed by atoms with Crippen LogP contribution >= 0.6 is 0 Å². The molecular formula is C12H20N2O. The van der Waals surface area contributed by atoms with Crippen LogP contribution in [-0.2, 0) is 11.2 Å². The largest absolute Gasteiger partial charge is 0.380 e. The SMILES string of the molecule is CCOCC(NC)c1ncccc1CC. The molecule has 3 nitrogen and oxygen atoms in total. The Morgan fingerprint density at radius 3 is 2.87 bits per heavy atom. The van der Waals surface area contributed by atoms with Gasteiger partial charge in [-0.15, -0.1) is 0 Å². The van der Waals surface area contributed by atoms with Gasteiger partial charge in [0, 0.05) is 12.8 Å². The van der Waals surface area contributed by atoms with Crippen LogP contribution in [0, 0.1) is 0 Å². The van der Waals surface area contributed by atoms with Crippen molar-refractivity contribution in [3.05, 3.63) is 29.6 Å². The van der Waals surface area contributed by atoms with Gasteiger partial charge < -0.3 is 10.1 Å². The van der Waals surface area contributed by atoms with Gasteiger partial charge in [0.1, 0.15) is 0 Å². The lowest BCUT2D eigenvalue weighted by Gasteiger charge is -2.18. The fourth-order valence-electron chi connectivity index (χ4n) is 1.60. The molecule has 0 fully saturated rings. The summed E-state index contributed by atoms with van der Waals surface area (Å²) in [6.45, 7) is 5.57. The van der Waals surface area contributed by atoms with Crippen LogP contribution in [0.3, 0.4) is 0 Å². The van der Waals surface area contributed by atoms with E-state index in [1.807, 2.05) is 26.2 Å². The molecule has 0 bridgehead atoms. The minimum Gasteiger partial charge on any atom is -0.380 e. The summed E-state index contributed by atoms with van der Waals surface area (Å²) in [6, 6.07) is 4.30. The third-order valence-corrected chi connectivity index (χ3v) is 2.47. The minimum absolute atomic E-state index is 0.195. The molecule has 0 saturated heterocycles. The number of nitrogens with zero attached hydrogens (tertiary/aromatic N) is 1. The van der Waals surface area contributed by atoms with Crippen molar-refractivity contribution >= 4 is 0 Å². The molecular weight excluding hydrogens is 188 g/mol. The molecule has 0 saturated carbocycles. The highest BCUT2D eigenvalue weighted by molar-refractivity contribution is 5.22. The molecule has 0 aliphatic rings. The van der Waals surface area contributed by atoms with Crippen molar-refractivity contribution in [2.45, 2.75) is 26.3 Å². The number of rotatable bonds is 6. The maximum Gasteiger partial charge on any atom is 0.0733 e. The quantitative estimate of drug-likeness (QED) is 0.775. The van der Waals surface area contributed by atoms with Crippen LogP contribution in [-0.4, -0.2) is 25.2 Å². The highest BCUT2D eigenvalue weighted by Crippen LogP contribution is 2.15. The number of ether oxygens (including phenoxy) is 1. The number of pyridine rings is 1. The Kier molecular flexibility index (Phi) is 5.29. The van der Waals surface area contributed by atoms with E-state index in [1.54, 1.807) is 0 Å². The van der Waals surface area contributed by atoms with Gasteiger partial charge in [0.25, 0.3) is 0 Å². The zero-order valence-electron chi connectivity index (χ0n) is 9.79. The summed E-state index contributed by atoms with van der Waals surface area (Å²) in [4.78, 5) is 4.43. The van der Waals surface area contributed by atoms with Crippen LogP contribution < -0.4 is 5.32 Å². The molecule has 0 aromatic carbocycles. The molecule has 0 amide bonds. The van der Waals surface area contributed by atoms with E-state index in [4.69, 9.17) is 4.74 Å². The summed E-state index contributed by atoms with van der Waals surface area (Å²) >= 11 is 0. The van der Waals surface area contributed by atoms with Crippen molar-refractivity contribution in [1.82, 2.24) is 10.3 Å². The first-order chi connectivity index (χ1) is 7.33. The Labute approximate surface area is 91.9 Å². The average Bonchev–Trinajstić information content (AvgIpc) is 2.30. The minimum atomic E-state index is 0.195. The van der Waals surface area contributed by atoms with E-state index < -0.39 is 0 Å². The summed E-state index contributed by atoms with van der Waals surface area (Å²) in [7, 11) is 1.94. The lowest BCUT2D eigenvalue weighted by Crippen LogP contribution is -2.24. The summed E-state index contributed by atoms with van der Waals surface area (Å²) in [5.74, 6) is 0. The molecule has 1 aromatic rings. The van der Waals surface area contributed by atoms with Gasteiger partial charge in [-0.05, 0) is 32.0 Å². The van der Waals surface area contributed by atoms with Crippen LogP contribution in [0.1, 0.15) is 31.1 Å². The third kappa shape index (κ3) is 3.29. The molecule has 1 aromatic heterocycles. The van der Waals surface area contributed by atoms with E-state index in [9.17, 15) is 0 Å². The topological polar surface area (TPSA) is 34.1 Å². The van der Waals surface area contributed by atoms with E-state index in [2.05, 4.69) is 23.3 Å². The zero-order valence-corrected chi connectivity index (χ0v) is 9.79.